The lowest BCUT2D eigenvalue weighted by Crippen LogP contribution is -2.29. The Hall–Kier alpha value is -1.23. The van der Waals surface area contributed by atoms with Gasteiger partial charge in [0.25, 0.3) is 0 Å². The number of benzene rings is 1. The van der Waals surface area contributed by atoms with Gasteiger partial charge in [0.2, 0.25) is 0 Å². The van der Waals surface area contributed by atoms with Crippen LogP contribution in [0.1, 0.15) is 51.6 Å². The fourth-order valence-electron chi connectivity index (χ4n) is 2.49. The normalized spacial score (nSPS) is 14.8. The van der Waals surface area contributed by atoms with Crippen LogP contribution >= 0.6 is 0 Å². The van der Waals surface area contributed by atoms with Gasteiger partial charge in [0, 0.05) is 11.6 Å². The van der Waals surface area contributed by atoms with Crippen molar-refractivity contribution < 1.29 is 17.9 Å². The molecule has 0 fully saturated rings. The first-order chi connectivity index (χ1) is 9.89. The number of halogens is 3. The molecule has 2 unspecified atom stereocenters. The van der Waals surface area contributed by atoms with Crippen LogP contribution in [0.3, 0.4) is 0 Å². The second kappa shape index (κ2) is 8.27. The molecule has 0 spiro atoms. The third-order valence-corrected chi connectivity index (χ3v) is 3.41. The van der Waals surface area contributed by atoms with Gasteiger partial charge in [-0.2, -0.15) is 0 Å². The highest BCUT2D eigenvalue weighted by atomic mass is 19.4. The molecule has 21 heavy (non-hydrogen) atoms. The minimum atomic E-state index is -4.67. The Balaban J connectivity index is 3.05. The average molecular weight is 303 g/mol. The Bertz CT molecular complexity index is 420. The van der Waals surface area contributed by atoms with Gasteiger partial charge in [0.05, 0.1) is 0 Å². The first-order valence-electron chi connectivity index (χ1n) is 7.47. The third kappa shape index (κ3) is 5.96. The van der Waals surface area contributed by atoms with E-state index >= 15 is 0 Å². The van der Waals surface area contributed by atoms with Gasteiger partial charge in [-0.05, 0) is 31.4 Å². The summed E-state index contributed by atoms with van der Waals surface area (Å²) in [6.45, 7) is 6.93. The molecule has 0 aliphatic rings. The van der Waals surface area contributed by atoms with Crippen LogP contribution in [-0.4, -0.2) is 12.9 Å². The van der Waals surface area contributed by atoms with Crippen molar-refractivity contribution in [1.82, 2.24) is 5.32 Å². The molecule has 0 saturated heterocycles. The summed E-state index contributed by atoms with van der Waals surface area (Å²) in [5.74, 6) is 0.126. The zero-order valence-corrected chi connectivity index (χ0v) is 12.8. The fraction of sp³-hybridized carbons (Fsp3) is 0.625. The Morgan fingerprint density at radius 3 is 2.38 bits per heavy atom. The molecular weight excluding hydrogens is 279 g/mol. The molecule has 2 atom stereocenters. The summed E-state index contributed by atoms with van der Waals surface area (Å²) in [6.07, 6.45) is -1.80. The van der Waals surface area contributed by atoms with Gasteiger partial charge in [-0.1, -0.05) is 45.4 Å². The lowest BCUT2D eigenvalue weighted by Gasteiger charge is -2.27. The maximum Gasteiger partial charge on any atom is 0.573 e. The van der Waals surface area contributed by atoms with Crippen molar-refractivity contribution in [3.63, 3.8) is 0 Å². The highest BCUT2D eigenvalue weighted by Gasteiger charge is 2.33. The highest BCUT2D eigenvalue weighted by Crippen LogP contribution is 2.34. The minimum absolute atomic E-state index is 0.110. The van der Waals surface area contributed by atoms with E-state index < -0.39 is 6.36 Å². The van der Waals surface area contributed by atoms with Gasteiger partial charge in [-0.15, -0.1) is 13.2 Å². The SMILES string of the molecule is CCCNC(c1ccccc1OC(F)(F)F)C(C)CCC. The van der Waals surface area contributed by atoms with E-state index in [1.54, 1.807) is 18.2 Å². The van der Waals surface area contributed by atoms with Crippen LogP contribution in [0.25, 0.3) is 0 Å². The van der Waals surface area contributed by atoms with Crippen LogP contribution in [0.2, 0.25) is 0 Å². The maximum absolute atomic E-state index is 12.5. The van der Waals surface area contributed by atoms with E-state index in [9.17, 15) is 13.2 Å². The summed E-state index contributed by atoms with van der Waals surface area (Å²) in [7, 11) is 0. The predicted octanol–water partition coefficient (Wildman–Crippen LogP) is 5.06. The number of hydrogen-bond donors (Lipinski definition) is 1. The van der Waals surface area contributed by atoms with Crippen molar-refractivity contribution in [1.29, 1.82) is 0 Å². The Morgan fingerprint density at radius 2 is 1.81 bits per heavy atom. The first-order valence-corrected chi connectivity index (χ1v) is 7.47. The average Bonchev–Trinajstić information content (AvgIpc) is 2.39. The van der Waals surface area contributed by atoms with Crippen molar-refractivity contribution in [2.75, 3.05) is 6.54 Å². The summed E-state index contributed by atoms with van der Waals surface area (Å²) >= 11 is 0. The smallest absolute Gasteiger partial charge is 0.405 e. The summed E-state index contributed by atoms with van der Waals surface area (Å²) in [6, 6.07) is 6.26. The van der Waals surface area contributed by atoms with Gasteiger partial charge in [-0.3, -0.25) is 0 Å². The third-order valence-electron chi connectivity index (χ3n) is 3.41. The monoisotopic (exact) mass is 303 g/mol. The number of alkyl halides is 3. The van der Waals surface area contributed by atoms with Gasteiger partial charge < -0.3 is 10.1 Å². The van der Waals surface area contributed by atoms with Crippen molar-refractivity contribution in [2.24, 2.45) is 5.92 Å². The molecule has 0 saturated carbocycles. The molecule has 0 aromatic heterocycles. The van der Waals surface area contributed by atoms with Crippen molar-refractivity contribution >= 4 is 0 Å². The van der Waals surface area contributed by atoms with Gasteiger partial charge in [0.15, 0.2) is 0 Å². The molecule has 0 bridgehead atoms. The molecule has 1 rings (SSSR count). The van der Waals surface area contributed by atoms with Crippen LogP contribution in [0, 0.1) is 5.92 Å². The summed E-state index contributed by atoms with van der Waals surface area (Å²) < 4.78 is 41.8. The van der Waals surface area contributed by atoms with Crippen molar-refractivity contribution in [3.8, 4) is 5.75 Å². The lowest BCUT2D eigenvalue weighted by molar-refractivity contribution is -0.275. The molecule has 1 aromatic rings. The summed E-state index contributed by atoms with van der Waals surface area (Å²) in [5.41, 5.74) is 0.573. The van der Waals surface area contributed by atoms with E-state index in [1.807, 2.05) is 6.92 Å². The highest BCUT2D eigenvalue weighted by molar-refractivity contribution is 5.36. The van der Waals surface area contributed by atoms with E-state index in [1.165, 1.54) is 6.07 Å². The largest absolute Gasteiger partial charge is 0.573 e. The number of para-hydroxylation sites is 1. The maximum atomic E-state index is 12.5. The molecule has 1 N–H and O–H groups in total. The van der Waals surface area contributed by atoms with Crippen LogP contribution in [0.15, 0.2) is 24.3 Å². The Labute approximate surface area is 124 Å². The molecule has 0 aliphatic carbocycles. The Kier molecular flexibility index (Phi) is 7.02. The summed E-state index contributed by atoms with van der Waals surface area (Å²) in [5, 5.41) is 3.35. The molecule has 2 nitrogen and oxygen atoms in total. The molecule has 1 aromatic carbocycles. The predicted molar refractivity (Wildman–Crippen MR) is 78.2 cm³/mol. The zero-order valence-electron chi connectivity index (χ0n) is 12.8. The quantitative estimate of drug-likeness (QED) is 0.724. The lowest BCUT2D eigenvalue weighted by atomic mass is 9.90. The number of hydrogen-bond acceptors (Lipinski definition) is 2. The molecule has 5 heteroatoms. The number of nitrogens with one attached hydrogen (secondary N) is 1. The first kappa shape index (κ1) is 17.8. The van der Waals surface area contributed by atoms with Crippen molar-refractivity contribution in [3.05, 3.63) is 29.8 Å². The van der Waals surface area contributed by atoms with Crippen LogP contribution in [0.4, 0.5) is 13.2 Å². The minimum Gasteiger partial charge on any atom is -0.405 e. The fourth-order valence-corrected chi connectivity index (χ4v) is 2.49. The topological polar surface area (TPSA) is 21.3 Å². The number of rotatable bonds is 8. The number of ether oxygens (including phenoxy) is 1. The summed E-state index contributed by atoms with van der Waals surface area (Å²) in [4.78, 5) is 0. The van der Waals surface area contributed by atoms with E-state index in [2.05, 4.69) is 23.9 Å². The van der Waals surface area contributed by atoms with E-state index in [0.717, 1.165) is 25.8 Å². The second-order valence-corrected chi connectivity index (χ2v) is 5.28. The molecule has 0 radical (unpaired) electrons. The zero-order chi connectivity index (χ0) is 15.9. The second-order valence-electron chi connectivity index (χ2n) is 5.28. The van der Waals surface area contributed by atoms with E-state index in [0.29, 0.717) is 5.56 Å². The van der Waals surface area contributed by atoms with Crippen LogP contribution < -0.4 is 10.1 Å². The molecule has 0 heterocycles. The van der Waals surface area contributed by atoms with Crippen LogP contribution in [0.5, 0.6) is 5.75 Å². The molecule has 120 valence electrons. The van der Waals surface area contributed by atoms with Gasteiger partial charge in [-0.25, -0.2) is 0 Å². The molecule has 0 aliphatic heterocycles. The van der Waals surface area contributed by atoms with Gasteiger partial charge in [0.1, 0.15) is 5.75 Å². The van der Waals surface area contributed by atoms with Gasteiger partial charge >= 0.3 is 6.36 Å². The van der Waals surface area contributed by atoms with E-state index in [-0.39, 0.29) is 17.7 Å². The standard InChI is InChI=1S/C16H24F3NO/c1-4-8-12(3)15(20-11-5-2)13-9-6-7-10-14(13)21-16(17,18)19/h6-7,9-10,12,15,20H,4-5,8,11H2,1-3H3. The molecule has 0 amide bonds. The molecular formula is C16H24F3NO. The van der Waals surface area contributed by atoms with E-state index in [4.69, 9.17) is 0 Å². The van der Waals surface area contributed by atoms with Crippen LogP contribution in [-0.2, 0) is 0 Å². The Morgan fingerprint density at radius 1 is 1.14 bits per heavy atom. The van der Waals surface area contributed by atoms with Crippen molar-refractivity contribution in [2.45, 2.75) is 52.4 Å².